The minimum Gasteiger partial charge on any atom is -0.322 e. The molecule has 0 saturated heterocycles. The molecule has 0 radical (unpaired) electrons. The molecule has 0 bridgehead atoms. The number of pyridine rings is 1. The van der Waals surface area contributed by atoms with Crippen molar-refractivity contribution in [2.24, 2.45) is 0 Å². The molecule has 0 aliphatic carbocycles. The van der Waals surface area contributed by atoms with Crippen LogP contribution in [0, 0.1) is 3.57 Å². The molecule has 1 unspecified atom stereocenters. The molecule has 5 nitrogen and oxygen atoms in total. The van der Waals surface area contributed by atoms with E-state index in [1.807, 2.05) is 0 Å². The lowest BCUT2D eigenvalue weighted by Gasteiger charge is -2.36. The predicted molar refractivity (Wildman–Crippen MR) is 143 cm³/mol. The van der Waals surface area contributed by atoms with Gasteiger partial charge in [0.2, 0.25) is 0 Å². The Morgan fingerprint density at radius 3 is 2.08 bits per heavy atom. The van der Waals surface area contributed by atoms with Gasteiger partial charge >= 0.3 is 23.9 Å². The Kier molecular flexibility index (Phi) is 9.25. The van der Waals surface area contributed by atoms with Crippen LogP contribution in [0.5, 0.6) is 0 Å². The molecular formula is C23H11ClF9I2N3O2. The lowest BCUT2D eigenvalue weighted by molar-refractivity contribution is -0.389. The summed E-state index contributed by atoms with van der Waals surface area (Å²) in [5, 5.41) is 2.42. The first-order chi connectivity index (χ1) is 18.3. The first-order valence-electron chi connectivity index (χ1n) is 10.3. The van der Waals surface area contributed by atoms with Gasteiger partial charge in [-0.05, 0) is 65.1 Å². The number of carbonyl (C=O) groups excluding carboxylic acids is 2. The van der Waals surface area contributed by atoms with E-state index in [1.54, 1.807) is 0 Å². The molecule has 2 amide bonds. The fourth-order valence-electron chi connectivity index (χ4n) is 3.31. The molecule has 3 rings (SSSR count). The Hall–Kier alpha value is -2.35. The Morgan fingerprint density at radius 2 is 1.52 bits per heavy atom. The van der Waals surface area contributed by atoms with E-state index in [-0.39, 0.29) is 39.8 Å². The Morgan fingerprint density at radius 1 is 0.875 bits per heavy atom. The number of rotatable bonds is 6. The molecule has 0 fully saturated rings. The lowest BCUT2D eigenvalue weighted by Crippen LogP contribution is -2.59. The third kappa shape index (κ3) is 5.97. The summed E-state index contributed by atoms with van der Waals surface area (Å²) in [5.74, 6) is -8.31. The molecule has 0 aliphatic heterocycles. The van der Waals surface area contributed by atoms with Crippen LogP contribution in [0.25, 0.3) is 0 Å². The van der Waals surface area contributed by atoms with Crippen molar-refractivity contribution in [1.29, 1.82) is 0 Å². The molecule has 2 aromatic carbocycles. The summed E-state index contributed by atoms with van der Waals surface area (Å²) in [7, 11) is 0. The fraction of sp³-hybridized carbons (Fsp3) is 0.174. The van der Waals surface area contributed by atoms with E-state index in [9.17, 15) is 49.1 Å². The maximum atomic E-state index is 14.8. The van der Waals surface area contributed by atoms with Crippen molar-refractivity contribution in [3.8, 4) is 0 Å². The molecule has 1 heterocycles. The van der Waals surface area contributed by atoms with Crippen LogP contribution >= 0.6 is 57.1 Å². The molecule has 40 heavy (non-hydrogen) atoms. The number of amides is 2. The molecule has 1 N–H and O–H groups in total. The maximum Gasteiger partial charge on any atom is 0.457 e. The van der Waals surface area contributed by atoms with Crippen LogP contribution in [0.2, 0.25) is 5.15 Å². The number of hydrogen-bond donors (Lipinski definition) is 1. The number of nitrogens with zero attached hydrogens (tertiary/aromatic N) is 2. The Balaban J connectivity index is 1.92. The highest BCUT2D eigenvalue weighted by molar-refractivity contribution is 14.1. The van der Waals surface area contributed by atoms with Crippen LogP contribution in [0.4, 0.5) is 50.9 Å². The van der Waals surface area contributed by atoms with Crippen molar-refractivity contribution >= 4 is 80.2 Å². The SMILES string of the molecule is O=C(Nc1cccc(C(=O)N(I)c2ccc(C(F)(C(F)(F)F)C(F)(F)C(F)(F)F)cc2I)c1)c1cccnc1Cl. The quantitative estimate of drug-likeness (QED) is 0.118. The van der Waals surface area contributed by atoms with Crippen molar-refractivity contribution < 1.29 is 49.1 Å². The highest BCUT2D eigenvalue weighted by Crippen LogP contribution is 2.58. The molecule has 0 saturated carbocycles. The van der Waals surface area contributed by atoms with E-state index in [4.69, 9.17) is 11.6 Å². The van der Waals surface area contributed by atoms with E-state index in [1.165, 1.54) is 88.1 Å². The number of anilines is 2. The van der Waals surface area contributed by atoms with Crippen LogP contribution in [0.15, 0.2) is 60.8 Å². The molecule has 1 atom stereocenters. The van der Waals surface area contributed by atoms with Gasteiger partial charge < -0.3 is 5.32 Å². The van der Waals surface area contributed by atoms with E-state index < -0.39 is 44.9 Å². The van der Waals surface area contributed by atoms with Crippen molar-refractivity contribution in [2.75, 3.05) is 8.43 Å². The minimum absolute atomic E-state index is 0.0324. The standard InChI is InChI=1S/C23H11ClF9I2N3O2/c24-17-14(5-2-8-36-17)18(39)37-13-4-1-3-11(9-13)19(40)38(35)16-7-6-12(10-15(16)34)20(25,22(28,29)30)21(26,27)23(31,32)33/h1-10H,(H,37,39). The number of carbonyl (C=O) groups is 2. The third-order valence-corrected chi connectivity index (χ3v) is 7.41. The van der Waals surface area contributed by atoms with Gasteiger partial charge in [-0.15, -0.1) is 0 Å². The summed E-state index contributed by atoms with van der Waals surface area (Å²) < 4.78 is 121. The summed E-state index contributed by atoms with van der Waals surface area (Å²) in [4.78, 5) is 29.3. The molecular weight excluding hydrogens is 811 g/mol. The molecule has 0 spiro atoms. The zero-order valence-electron chi connectivity index (χ0n) is 19.0. The van der Waals surface area contributed by atoms with E-state index >= 15 is 0 Å². The summed E-state index contributed by atoms with van der Waals surface area (Å²) >= 11 is 8.57. The second-order valence-electron chi connectivity index (χ2n) is 7.86. The van der Waals surface area contributed by atoms with Gasteiger partial charge in [0.25, 0.3) is 11.8 Å². The van der Waals surface area contributed by atoms with Gasteiger partial charge in [0, 0.05) is 26.6 Å². The molecule has 214 valence electrons. The molecule has 0 aliphatic rings. The van der Waals surface area contributed by atoms with E-state index in [0.717, 1.165) is 3.11 Å². The summed E-state index contributed by atoms with van der Waals surface area (Å²) in [6.45, 7) is 0. The highest BCUT2D eigenvalue weighted by Gasteiger charge is 2.81. The molecule has 3 aromatic rings. The van der Waals surface area contributed by atoms with Gasteiger partial charge in [0.1, 0.15) is 5.15 Å². The first-order valence-corrected chi connectivity index (χ1v) is 12.8. The normalized spacial score (nSPS) is 13.9. The van der Waals surface area contributed by atoms with Crippen molar-refractivity contribution in [3.63, 3.8) is 0 Å². The van der Waals surface area contributed by atoms with Gasteiger partial charge in [-0.25, -0.2) is 12.5 Å². The predicted octanol–water partition coefficient (Wildman–Crippen LogP) is 8.51. The zero-order valence-corrected chi connectivity index (χ0v) is 24.1. The monoisotopic (exact) mass is 821 g/mol. The van der Waals surface area contributed by atoms with Crippen LogP contribution in [-0.4, -0.2) is 35.1 Å². The number of nitrogens with one attached hydrogen (secondary N) is 1. The summed E-state index contributed by atoms with van der Waals surface area (Å²) in [6.07, 6.45) is -12.2. The number of halogens is 12. The van der Waals surface area contributed by atoms with Gasteiger partial charge in [0.15, 0.2) is 0 Å². The third-order valence-electron chi connectivity index (χ3n) is 5.29. The topological polar surface area (TPSA) is 62.3 Å². The van der Waals surface area contributed by atoms with E-state index in [0.29, 0.717) is 6.07 Å². The summed E-state index contributed by atoms with van der Waals surface area (Å²) in [6, 6.07) is 9.05. The number of benzene rings is 2. The number of hydrogen-bond acceptors (Lipinski definition) is 3. The van der Waals surface area contributed by atoms with Crippen LogP contribution in [-0.2, 0) is 5.67 Å². The van der Waals surface area contributed by atoms with Gasteiger partial charge in [-0.2, -0.15) is 35.1 Å². The van der Waals surface area contributed by atoms with Gasteiger partial charge in [-0.1, -0.05) is 23.7 Å². The second-order valence-corrected chi connectivity index (χ2v) is 10.3. The highest BCUT2D eigenvalue weighted by atomic mass is 127. The number of aromatic nitrogens is 1. The molecule has 17 heteroatoms. The maximum absolute atomic E-state index is 14.8. The van der Waals surface area contributed by atoms with Crippen LogP contribution in [0.1, 0.15) is 26.3 Å². The van der Waals surface area contributed by atoms with Crippen molar-refractivity contribution in [2.45, 2.75) is 23.9 Å². The average molecular weight is 822 g/mol. The first kappa shape index (κ1) is 32.2. The van der Waals surface area contributed by atoms with Gasteiger partial charge in [0.05, 0.1) is 34.1 Å². The van der Waals surface area contributed by atoms with Crippen molar-refractivity contribution in [1.82, 2.24) is 4.98 Å². The molecule has 1 aromatic heterocycles. The zero-order chi connectivity index (χ0) is 30.3. The van der Waals surface area contributed by atoms with E-state index in [2.05, 4.69) is 10.3 Å². The summed E-state index contributed by atoms with van der Waals surface area (Å²) in [5.41, 5.74) is -8.26. The lowest BCUT2D eigenvalue weighted by atomic mass is 9.87. The average Bonchev–Trinajstić information content (AvgIpc) is 2.86. The largest absolute Gasteiger partial charge is 0.457 e. The minimum atomic E-state index is -6.87. The fourth-order valence-corrected chi connectivity index (χ4v) is 5.43. The van der Waals surface area contributed by atoms with Crippen molar-refractivity contribution in [3.05, 3.63) is 86.2 Å². The Bertz CT molecular complexity index is 1450. The smallest absolute Gasteiger partial charge is 0.322 e. The number of alkyl halides is 9. The van der Waals surface area contributed by atoms with Crippen LogP contribution in [0.3, 0.4) is 0 Å². The Labute approximate surface area is 251 Å². The van der Waals surface area contributed by atoms with Crippen LogP contribution < -0.4 is 8.43 Å². The van der Waals surface area contributed by atoms with Gasteiger partial charge in [-0.3, -0.25) is 9.59 Å². The second kappa shape index (κ2) is 11.5.